The third-order valence-corrected chi connectivity index (χ3v) is 4.42. The molecule has 0 aromatic heterocycles. The van der Waals surface area contributed by atoms with Gasteiger partial charge in [0.2, 0.25) is 11.8 Å². The molecular formula is C18H27N3O3. The Hall–Kier alpha value is -2.08. The molecule has 132 valence electrons. The van der Waals surface area contributed by atoms with E-state index in [1.54, 1.807) is 24.3 Å². The number of carbonyl (C=O) groups is 2. The first kappa shape index (κ1) is 18.3. The quantitative estimate of drug-likeness (QED) is 0.762. The van der Waals surface area contributed by atoms with E-state index >= 15 is 0 Å². The first-order chi connectivity index (χ1) is 11.6. The molecule has 0 aliphatic carbocycles. The van der Waals surface area contributed by atoms with Crippen LogP contribution < -0.4 is 15.8 Å². The third kappa shape index (κ3) is 4.47. The van der Waals surface area contributed by atoms with Gasteiger partial charge in [-0.2, -0.15) is 0 Å². The molecule has 1 atom stereocenters. The average molecular weight is 333 g/mol. The van der Waals surface area contributed by atoms with Gasteiger partial charge in [-0.3, -0.25) is 9.59 Å². The van der Waals surface area contributed by atoms with Gasteiger partial charge in [0, 0.05) is 31.2 Å². The minimum absolute atomic E-state index is 0.0781. The van der Waals surface area contributed by atoms with E-state index in [0.29, 0.717) is 31.8 Å². The van der Waals surface area contributed by atoms with Crippen molar-refractivity contribution in [1.82, 2.24) is 4.90 Å². The maximum Gasteiger partial charge on any atom is 0.229 e. The van der Waals surface area contributed by atoms with Gasteiger partial charge in [0.15, 0.2) is 0 Å². The Balaban J connectivity index is 1.92. The van der Waals surface area contributed by atoms with Crippen molar-refractivity contribution < 1.29 is 14.3 Å². The van der Waals surface area contributed by atoms with Crippen molar-refractivity contribution >= 4 is 17.5 Å². The van der Waals surface area contributed by atoms with Crippen LogP contribution in [0.2, 0.25) is 0 Å². The molecule has 1 aromatic rings. The number of rotatable bonds is 8. The van der Waals surface area contributed by atoms with Crippen LogP contribution in [-0.4, -0.2) is 42.5 Å². The SMILES string of the molecule is CCC(CC)N1CC(C(=O)Nc2ccc(OCCN)cc2)CC1=O. The Bertz CT molecular complexity index is 555. The minimum Gasteiger partial charge on any atom is -0.492 e. The summed E-state index contributed by atoms with van der Waals surface area (Å²) in [7, 11) is 0. The number of benzene rings is 1. The Kier molecular flexibility index (Phi) is 6.61. The van der Waals surface area contributed by atoms with Gasteiger partial charge in [-0.1, -0.05) is 13.8 Å². The number of anilines is 1. The van der Waals surface area contributed by atoms with Crippen LogP contribution >= 0.6 is 0 Å². The molecule has 6 heteroatoms. The zero-order chi connectivity index (χ0) is 17.5. The number of nitrogens with one attached hydrogen (secondary N) is 1. The highest BCUT2D eigenvalue weighted by Crippen LogP contribution is 2.24. The molecule has 1 fully saturated rings. The van der Waals surface area contributed by atoms with Crippen LogP contribution in [0.15, 0.2) is 24.3 Å². The van der Waals surface area contributed by atoms with Crippen LogP contribution in [0.25, 0.3) is 0 Å². The lowest BCUT2D eigenvalue weighted by molar-refractivity contribution is -0.130. The molecule has 1 unspecified atom stereocenters. The third-order valence-electron chi connectivity index (χ3n) is 4.42. The molecule has 1 aliphatic rings. The lowest BCUT2D eigenvalue weighted by Gasteiger charge is -2.26. The second-order valence-electron chi connectivity index (χ2n) is 6.07. The maximum atomic E-state index is 12.4. The molecule has 0 saturated carbocycles. The first-order valence-electron chi connectivity index (χ1n) is 8.62. The van der Waals surface area contributed by atoms with Crippen molar-refractivity contribution in [2.45, 2.75) is 39.2 Å². The van der Waals surface area contributed by atoms with Crippen molar-refractivity contribution in [3.05, 3.63) is 24.3 Å². The molecule has 1 saturated heterocycles. The van der Waals surface area contributed by atoms with Crippen molar-refractivity contribution in [3.8, 4) is 5.75 Å². The molecule has 1 aromatic carbocycles. The highest BCUT2D eigenvalue weighted by Gasteiger charge is 2.36. The number of hydrogen-bond acceptors (Lipinski definition) is 4. The number of ether oxygens (including phenoxy) is 1. The van der Waals surface area contributed by atoms with E-state index < -0.39 is 0 Å². The minimum atomic E-state index is -0.286. The molecule has 2 amide bonds. The van der Waals surface area contributed by atoms with Gasteiger partial charge in [0.1, 0.15) is 12.4 Å². The monoisotopic (exact) mass is 333 g/mol. The van der Waals surface area contributed by atoms with E-state index in [2.05, 4.69) is 19.2 Å². The zero-order valence-electron chi connectivity index (χ0n) is 14.5. The van der Waals surface area contributed by atoms with E-state index in [1.807, 2.05) is 4.90 Å². The fourth-order valence-electron chi connectivity index (χ4n) is 3.05. The molecule has 1 heterocycles. The molecule has 3 N–H and O–H groups in total. The lowest BCUT2D eigenvalue weighted by Crippen LogP contribution is -2.36. The van der Waals surface area contributed by atoms with E-state index in [-0.39, 0.29) is 23.8 Å². The molecule has 0 radical (unpaired) electrons. The number of likely N-dealkylation sites (tertiary alicyclic amines) is 1. The predicted molar refractivity (Wildman–Crippen MR) is 93.8 cm³/mol. The lowest BCUT2D eigenvalue weighted by atomic mass is 10.1. The van der Waals surface area contributed by atoms with E-state index in [9.17, 15) is 9.59 Å². The largest absolute Gasteiger partial charge is 0.492 e. The summed E-state index contributed by atoms with van der Waals surface area (Å²) in [5, 5.41) is 2.89. The van der Waals surface area contributed by atoms with Gasteiger partial charge in [0.05, 0.1) is 5.92 Å². The maximum absolute atomic E-state index is 12.4. The summed E-state index contributed by atoms with van der Waals surface area (Å²) in [4.78, 5) is 26.4. The summed E-state index contributed by atoms with van der Waals surface area (Å²) < 4.78 is 5.41. The van der Waals surface area contributed by atoms with Crippen LogP contribution in [-0.2, 0) is 9.59 Å². The molecular weight excluding hydrogens is 306 g/mol. The van der Waals surface area contributed by atoms with Crippen LogP contribution in [0.4, 0.5) is 5.69 Å². The van der Waals surface area contributed by atoms with Crippen molar-refractivity contribution in [1.29, 1.82) is 0 Å². The number of hydrogen-bond donors (Lipinski definition) is 2. The standard InChI is InChI=1S/C18H27N3O3/c1-3-15(4-2)21-12-13(11-17(21)22)18(23)20-14-5-7-16(8-6-14)24-10-9-19/h5-8,13,15H,3-4,9-12,19H2,1-2H3,(H,20,23). The number of carbonyl (C=O) groups excluding carboxylic acids is 2. The van der Waals surface area contributed by atoms with Gasteiger partial charge in [-0.15, -0.1) is 0 Å². The van der Waals surface area contributed by atoms with Gasteiger partial charge in [-0.25, -0.2) is 0 Å². The van der Waals surface area contributed by atoms with Crippen molar-refractivity contribution in [3.63, 3.8) is 0 Å². The molecule has 2 rings (SSSR count). The normalized spacial score (nSPS) is 17.4. The predicted octanol–water partition coefficient (Wildman–Crippen LogP) is 2.00. The number of amides is 2. The highest BCUT2D eigenvalue weighted by molar-refractivity contribution is 5.97. The van der Waals surface area contributed by atoms with Crippen LogP contribution in [0.1, 0.15) is 33.1 Å². The average Bonchev–Trinajstić information content (AvgIpc) is 2.97. The van der Waals surface area contributed by atoms with Gasteiger partial charge >= 0.3 is 0 Å². The first-order valence-corrected chi connectivity index (χ1v) is 8.62. The van der Waals surface area contributed by atoms with Gasteiger partial charge in [-0.05, 0) is 37.1 Å². The van der Waals surface area contributed by atoms with Crippen molar-refractivity contribution in [2.24, 2.45) is 11.7 Å². The Labute approximate surface area is 143 Å². The second kappa shape index (κ2) is 8.68. The Morgan fingerprint density at radius 3 is 2.58 bits per heavy atom. The molecule has 24 heavy (non-hydrogen) atoms. The zero-order valence-corrected chi connectivity index (χ0v) is 14.5. The van der Waals surface area contributed by atoms with Gasteiger partial charge < -0.3 is 20.7 Å². The number of nitrogens with two attached hydrogens (primary N) is 1. The Morgan fingerprint density at radius 1 is 1.33 bits per heavy atom. The summed E-state index contributed by atoms with van der Waals surface area (Å²) in [5.74, 6) is 0.405. The topological polar surface area (TPSA) is 84.7 Å². The van der Waals surface area contributed by atoms with E-state index in [1.165, 1.54) is 0 Å². The summed E-state index contributed by atoms with van der Waals surface area (Å²) >= 11 is 0. The van der Waals surface area contributed by atoms with E-state index in [4.69, 9.17) is 10.5 Å². The summed E-state index contributed by atoms with van der Waals surface area (Å²) in [6, 6.07) is 7.40. The summed E-state index contributed by atoms with van der Waals surface area (Å²) in [6.45, 7) is 5.57. The fourth-order valence-corrected chi connectivity index (χ4v) is 3.05. The van der Waals surface area contributed by atoms with Gasteiger partial charge in [0.25, 0.3) is 0 Å². The second-order valence-corrected chi connectivity index (χ2v) is 6.07. The smallest absolute Gasteiger partial charge is 0.229 e. The van der Waals surface area contributed by atoms with Crippen LogP contribution in [0.3, 0.4) is 0 Å². The fraction of sp³-hybridized carbons (Fsp3) is 0.556. The summed E-state index contributed by atoms with van der Waals surface area (Å²) in [6.07, 6.45) is 2.13. The van der Waals surface area contributed by atoms with Crippen LogP contribution in [0.5, 0.6) is 5.75 Å². The van der Waals surface area contributed by atoms with Crippen molar-refractivity contribution in [2.75, 3.05) is 25.0 Å². The summed E-state index contributed by atoms with van der Waals surface area (Å²) in [5.41, 5.74) is 6.09. The molecule has 0 spiro atoms. The Morgan fingerprint density at radius 2 is 2.00 bits per heavy atom. The molecule has 6 nitrogen and oxygen atoms in total. The molecule has 1 aliphatic heterocycles. The van der Waals surface area contributed by atoms with Crippen LogP contribution in [0, 0.1) is 5.92 Å². The number of nitrogens with zero attached hydrogens (tertiary/aromatic N) is 1. The van der Waals surface area contributed by atoms with E-state index in [0.717, 1.165) is 18.6 Å². The highest BCUT2D eigenvalue weighted by atomic mass is 16.5. The molecule has 0 bridgehead atoms.